The van der Waals surface area contributed by atoms with E-state index < -0.39 is 10.8 Å². The Morgan fingerprint density at radius 3 is 2.48 bits per heavy atom. The summed E-state index contributed by atoms with van der Waals surface area (Å²) in [4.78, 5) is 23.4. The van der Waals surface area contributed by atoms with Gasteiger partial charge in [-0.05, 0) is 36.5 Å². The maximum atomic E-state index is 12.6. The van der Waals surface area contributed by atoms with Gasteiger partial charge >= 0.3 is 0 Å². The molecule has 0 unspecified atom stereocenters. The summed E-state index contributed by atoms with van der Waals surface area (Å²) in [6.07, 6.45) is 2.78. The molecule has 2 aromatic carbocycles. The highest BCUT2D eigenvalue weighted by atomic mass is 35.5. The van der Waals surface area contributed by atoms with Crippen LogP contribution in [0.15, 0.2) is 52.5 Å². The van der Waals surface area contributed by atoms with Crippen molar-refractivity contribution < 1.29 is 9.72 Å². The lowest BCUT2D eigenvalue weighted by Gasteiger charge is -2.06. The Balaban J connectivity index is 1.89. The van der Waals surface area contributed by atoms with Gasteiger partial charge in [0.25, 0.3) is 11.6 Å². The van der Waals surface area contributed by atoms with E-state index in [1.54, 1.807) is 36.4 Å². The van der Waals surface area contributed by atoms with Crippen LogP contribution in [0.1, 0.15) is 11.1 Å². The van der Waals surface area contributed by atoms with Gasteiger partial charge in [0.2, 0.25) is 0 Å². The van der Waals surface area contributed by atoms with Crippen molar-refractivity contribution in [2.24, 2.45) is 5.10 Å². The van der Waals surface area contributed by atoms with E-state index in [2.05, 4.69) is 5.10 Å². The van der Waals surface area contributed by atoms with Crippen molar-refractivity contribution in [2.45, 2.75) is 0 Å². The minimum absolute atomic E-state index is 0.120. The number of rotatable bonds is 4. The van der Waals surface area contributed by atoms with E-state index in [0.717, 1.165) is 16.8 Å². The Morgan fingerprint density at radius 2 is 1.81 bits per heavy atom. The molecule has 2 aromatic rings. The highest BCUT2D eigenvalue weighted by Crippen LogP contribution is 2.35. The first-order chi connectivity index (χ1) is 12.9. The number of benzene rings is 2. The van der Waals surface area contributed by atoms with Crippen LogP contribution in [0.25, 0.3) is 6.08 Å². The molecule has 0 radical (unpaired) electrons. The van der Waals surface area contributed by atoms with Gasteiger partial charge in [-0.15, -0.1) is 0 Å². The predicted molar refractivity (Wildman–Crippen MR) is 112 cm³/mol. The summed E-state index contributed by atoms with van der Waals surface area (Å²) in [7, 11) is 0. The first kappa shape index (κ1) is 19.5. The zero-order valence-electron chi connectivity index (χ0n) is 13.3. The lowest BCUT2D eigenvalue weighted by molar-refractivity contribution is -0.385. The Kier molecular flexibility index (Phi) is 5.91. The first-order valence-electron chi connectivity index (χ1n) is 7.38. The number of carbonyl (C=O) groups is 1. The third kappa shape index (κ3) is 4.19. The number of para-hydroxylation sites is 1. The first-order valence-corrected chi connectivity index (χ1v) is 9.36. The highest BCUT2D eigenvalue weighted by Gasteiger charge is 2.32. The fourth-order valence-corrected chi connectivity index (χ4v) is 3.88. The van der Waals surface area contributed by atoms with Crippen LogP contribution in [0.5, 0.6) is 0 Å². The molecule has 1 aliphatic heterocycles. The van der Waals surface area contributed by atoms with Crippen LogP contribution >= 0.6 is 47.2 Å². The number of hydrogen-bond donors (Lipinski definition) is 0. The molecule has 0 bridgehead atoms. The Labute approximate surface area is 173 Å². The normalized spacial score (nSPS) is 15.9. The van der Waals surface area contributed by atoms with E-state index in [1.807, 2.05) is 0 Å². The zero-order valence-corrected chi connectivity index (χ0v) is 16.5. The van der Waals surface area contributed by atoms with Crippen LogP contribution in [-0.4, -0.2) is 26.4 Å². The summed E-state index contributed by atoms with van der Waals surface area (Å²) in [5, 5.41) is 16.9. The van der Waals surface area contributed by atoms with E-state index in [9.17, 15) is 14.9 Å². The average Bonchev–Trinajstić information content (AvgIpc) is 2.90. The molecule has 0 spiro atoms. The van der Waals surface area contributed by atoms with Gasteiger partial charge in [-0.3, -0.25) is 14.9 Å². The molecule has 27 heavy (non-hydrogen) atoms. The van der Waals surface area contributed by atoms with Crippen molar-refractivity contribution in [3.8, 4) is 0 Å². The number of amides is 1. The van der Waals surface area contributed by atoms with Gasteiger partial charge in [0.1, 0.15) is 0 Å². The fraction of sp³-hybridized carbons (Fsp3) is 0. The van der Waals surface area contributed by atoms with E-state index >= 15 is 0 Å². The number of hydrogen-bond acceptors (Lipinski definition) is 6. The number of halogens is 2. The SMILES string of the molecule is O=C1/C(=C\c2c(Cl)cccc2Cl)SC(=S)N1/N=C/c1ccccc1[N+](=O)[O-]. The van der Waals surface area contributed by atoms with Gasteiger partial charge in [0.15, 0.2) is 4.32 Å². The third-order valence-electron chi connectivity index (χ3n) is 3.49. The molecular weight excluding hydrogens is 429 g/mol. The molecule has 6 nitrogen and oxygen atoms in total. The molecule has 1 saturated heterocycles. The molecule has 1 fully saturated rings. The summed E-state index contributed by atoms with van der Waals surface area (Å²) >= 11 is 18.5. The maximum Gasteiger partial charge on any atom is 0.286 e. The summed E-state index contributed by atoms with van der Waals surface area (Å²) < 4.78 is 0.198. The molecule has 0 aromatic heterocycles. The van der Waals surface area contributed by atoms with Crippen molar-refractivity contribution >= 4 is 75.4 Å². The number of nitro benzene ring substituents is 1. The molecule has 1 aliphatic rings. The average molecular weight is 438 g/mol. The van der Waals surface area contributed by atoms with Crippen LogP contribution in [-0.2, 0) is 4.79 Å². The second-order valence-electron chi connectivity index (χ2n) is 5.19. The van der Waals surface area contributed by atoms with Gasteiger partial charge < -0.3 is 0 Å². The van der Waals surface area contributed by atoms with Gasteiger partial charge in [-0.2, -0.15) is 10.1 Å². The second kappa shape index (κ2) is 8.18. The van der Waals surface area contributed by atoms with Crippen LogP contribution < -0.4 is 0 Å². The summed E-state index contributed by atoms with van der Waals surface area (Å²) in [6, 6.07) is 11.1. The second-order valence-corrected chi connectivity index (χ2v) is 7.68. The van der Waals surface area contributed by atoms with Crippen molar-refractivity contribution in [1.82, 2.24) is 5.01 Å². The molecule has 0 saturated carbocycles. The largest absolute Gasteiger partial charge is 0.286 e. The van der Waals surface area contributed by atoms with Crippen molar-refractivity contribution in [2.75, 3.05) is 0 Å². The van der Waals surface area contributed by atoms with Crippen molar-refractivity contribution in [3.05, 3.63) is 78.7 Å². The molecular formula is C17H9Cl2N3O3S2. The standard InChI is InChI=1S/C17H9Cl2N3O3S2/c18-12-5-3-6-13(19)11(12)8-15-16(23)21(17(26)27-15)20-9-10-4-1-2-7-14(10)22(24)25/h1-9H/b15-8+,20-9+. The van der Waals surface area contributed by atoms with Crippen molar-refractivity contribution in [1.29, 1.82) is 0 Å². The van der Waals surface area contributed by atoms with E-state index in [1.165, 1.54) is 18.3 Å². The molecule has 1 heterocycles. The lowest BCUT2D eigenvalue weighted by Crippen LogP contribution is -2.22. The number of nitro groups is 1. The van der Waals surface area contributed by atoms with Crippen LogP contribution in [0, 0.1) is 10.1 Å². The summed E-state index contributed by atoms with van der Waals surface area (Å²) in [6.45, 7) is 0. The Hall–Kier alpha value is -2.26. The molecule has 0 atom stereocenters. The van der Waals surface area contributed by atoms with E-state index in [0.29, 0.717) is 20.5 Å². The molecule has 1 amide bonds. The van der Waals surface area contributed by atoms with Gasteiger partial charge in [0, 0.05) is 21.7 Å². The van der Waals surface area contributed by atoms with Gasteiger partial charge in [0.05, 0.1) is 21.6 Å². The van der Waals surface area contributed by atoms with Gasteiger partial charge in [-0.1, -0.05) is 53.2 Å². The van der Waals surface area contributed by atoms with Crippen LogP contribution in [0.3, 0.4) is 0 Å². The number of hydrazone groups is 1. The number of thiocarbonyl (C=S) groups is 1. The topological polar surface area (TPSA) is 75.8 Å². The van der Waals surface area contributed by atoms with E-state index in [4.69, 9.17) is 35.4 Å². The summed E-state index contributed by atoms with van der Waals surface area (Å²) in [5.41, 5.74) is 0.642. The number of thioether (sulfide) groups is 1. The monoisotopic (exact) mass is 437 g/mol. The highest BCUT2D eigenvalue weighted by molar-refractivity contribution is 8.26. The zero-order chi connectivity index (χ0) is 19.6. The Bertz CT molecular complexity index is 1000. The van der Waals surface area contributed by atoms with Crippen molar-refractivity contribution in [3.63, 3.8) is 0 Å². The predicted octanol–water partition coefficient (Wildman–Crippen LogP) is 5.14. The maximum absolute atomic E-state index is 12.6. The molecule has 0 aliphatic carbocycles. The van der Waals surface area contributed by atoms with Crippen LogP contribution in [0.4, 0.5) is 5.69 Å². The molecule has 136 valence electrons. The number of carbonyl (C=O) groups excluding carboxylic acids is 1. The molecule has 3 rings (SSSR count). The lowest BCUT2D eigenvalue weighted by atomic mass is 10.2. The van der Waals surface area contributed by atoms with E-state index in [-0.39, 0.29) is 15.6 Å². The summed E-state index contributed by atoms with van der Waals surface area (Å²) in [5.74, 6) is -0.462. The number of nitrogens with zero attached hydrogens (tertiary/aromatic N) is 3. The third-order valence-corrected chi connectivity index (χ3v) is 5.44. The fourth-order valence-electron chi connectivity index (χ4n) is 2.22. The van der Waals surface area contributed by atoms with Gasteiger partial charge in [-0.25, -0.2) is 0 Å². The minimum atomic E-state index is -0.523. The quantitative estimate of drug-likeness (QED) is 0.217. The minimum Gasteiger partial charge on any atom is -0.266 e. The Morgan fingerprint density at radius 1 is 1.15 bits per heavy atom. The van der Waals surface area contributed by atoms with Crippen LogP contribution in [0.2, 0.25) is 10.0 Å². The molecule has 10 heteroatoms. The molecule has 0 N–H and O–H groups in total. The smallest absolute Gasteiger partial charge is 0.266 e.